The van der Waals surface area contributed by atoms with Crippen molar-refractivity contribution in [2.24, 2.45) is 0 Å². The number of alkyl halides is 2. The molecule has 1 amide bonds. The van der Waals surface area contributed by atoms with Crippen LogP contribution in [-0.2, 0) is 11.3 Å². The topological polar surface area (TPSA) is 153 Å². The van der Waals surface area contributed by atoms with Crippen LogP contribution >= 0.6 is 0 Å². The third-order valence-corrected chi connectivity index (χ3v) is 6.44. The van der Waals surface area contributed by atoms with Crippen molar-refractivity contribution in [2.45, 2.75) is 25.3 Å². The maximum absolute atomic E-state index is 13.5. The van der Waals surface area contributed by atoms with Gasteiger partial charge in [-0.2, -0.15) is 10.2 Å². The summed E-state index contributed by atoms with van der Waals surface area (Å²) in [7, 11) is 0. The largest absolute Gasteiger partial charge is 0.483 e. The Morgan fingerprint density at radius 2 is 1.85 bits per heavy atom. The summed E-state index contributed by atoms with van der Waals surface area (Å²) < 4.78 is 26.9. The van der Waals surface area contributed by atoms with E-state index in [0.717, 1.165) is 27.4 Å². The number of aromatic amines is 2. The van der Waals surface area contributed by atoms with Crippen LogP contribution in [-0.4, -0.2) is 71.8 Å². The number of pyridine rings is 2. The number of nitrogens with one attached hydrogen (secondary N) is 3. The molecule has 0 radical (unpaired) electrons. The number of carbonyl (C=O) groups is 2. The fourth-order valence-corrected chi connectivity index (χ4v) is 4.46. The zero-order valence-corrected chi connectivity index (χ0v) is 20.6. The number of benzene rings is 1. The minimum absolute atomic E-state index is 0.159. The van der Waals surface area contributed by atoms with Crippen molar-refractivity contribution in [1.29, 1.82) is 0 Å². The first-order valence-corrected chi connectivity index (χ1v) is 12.1. The van der Waals surface area contributed by atoms with Crippen LogP contribution in [0.5, 0.6) is 0 Å². The molecular formula is C26H24F2N8O3. The molecule has 1 aromatic carbocycles. The fraction of sp³-hybridized carbons (Fsp3) is 0.231. The quantitative estimate of drug-likeness (QED) is 0.246. The lowest BCUT2D eigenvalue weighted by Gasteiger charge is -2.31. The summed E-state index contributed by atoms with van der Waals surface area (Å²) in [6, 6.07) is 11.0. The average Bonchev–Trinajstić information content (AvgIpc) is 3.60. The number of carboxylic acid groups (broad SMARTS) is 1. The molecule has 1 fully saturated rings. The maximum Gasteiger partial charge on any atom is 0.290 e. The third-order valence-electron chi connectivity index (χ3n) is 6.44. The Morgan fingerprint density at radius 1 is 1.08 bits per heavy atom. The Hall–Kier alpha value is -4.78. The fourth-order valence-electron chi connectivity index (χ4n) is 4.46. The van der Waals surface area contributed by atoms with E-state index >= 15 is 0 Å². The summed E-state index contributed by atoms with van der Waals surface area (Å²) in [5, 5.41) is 25.4. The number of rotatable bonds is 5. The normalized spacial score (nSPS) is 15.0. The highest BCUT2D eigenvalue weighted by Crippen LogP contribution is 2.31. The number of carbonyl (C=O) groups excluding carboxylic acids is 1. The molecule has 0 unspecified atom stereocenters. The molecule has 11 nitrogen and oxygen atoms in total. The number of fused-ring (bicyclic) bond motifs is 2. The molecule has 5 heterocycles. The van der Waals surface area contributed by atoms with E-state index in [-0.39, 0.29) is 30.9 Å². The Labute approximate surface area is 220 Å². The molecule has 5 aromatic rings. The first-order chi connectivity index (χ1) is 18.8. The summed E-state index contributed by atoms with van der Waals surface area (Å²) >= 11 is 0. The minimum Gasteiger partial charge on any atom is -0.483 e. The molecule has 6 rings (SSSR count). The summed E-state index contributed by atoms with van der Waals surface area (Å²) in [5.41, 5.74) is 4.66. The molecular weight excluding hydrogens is 510 g/mol. The first kappa shape index (κ1) is 25.9. The Bertz CT molecular complexity index is 1620. The van der Waals surface area contributed by atoms with Gasteiger partial charge in [0, 0.05) is 55.0 Å². The third kappa shape index (κ3) is 5.88. The lowest BCUT2D eigenvalue weighted by atomic mass is 10.0. The van der Waals surface area contributed by atoms with Gasteiger partial charge in [0.15, 0.2) is 5.65 Å². The number of likely N-dealkylation sites (tertiary alicyclic amines) is 1. The van der Waals surface area contributed by atoms with E-state index in [2.05, 4.69) is 35.7 Å². The van der Waals surface area contributed by atoms with Gasteiger partial charge in [0.05, 0.1) is 29.3 Å². The summed E-state index contributed by atoms with van der Waals surface area (Å²) in [6.45, 7) is 0.772. The number of anilines is 1. The van der Waals surface area contributed by atoms with Crippen LogP contribution in [0.15, 0.2) is 55.0 Å². The highest BCUT2D eigenvalue weighted by molar-refractivity contribution is 6.08. The van der Waals surface area contributed by atoms with Crippen LogP contribution in [0.4, 0.5) is 14.5 Å². The summed E-state index contributed by atoms with van der Waals surface area (Å²) in [6.07, 6.45) is 4.78. The van der Waals surface area contributed by atoms with E-state index in [1.54, 1.807) is 36.8 Å². The van der Waals surface area contributed by atoms with Crippen molar-refractivity contribution in [1.82, 2.24) is 35.3 Å². The molecule has 1 aliphatic heterocycles. The highest BCUT2D eigenvalue weighted by atomic mass is 19.3. The number of nitrogens with zero attached hydrogens (tertiary/aromatic N) is 5. The van der Waals surface area contributed by atoms with Gasteiger partial charge < -0.3 is 10.4 Å². The van der Waals surface area contributed by atoms with Gasteiger partial charge in [0.2, 0.25) is 0 Å². The van der Waals surface area contributed by atoms with Crippen molar-refractivity contribution in [3.8, 4) is 11.1 Å². The Kier molecular flexibility index (Phi) is 7.23. The van der Waals surface area contributed by atoms with Crippen LogP contribution < -0.4 is 5.32 Å². The van der Waals surface area contributed by atoms with E-state index in [1.807, 2.05) is 23.1 Å². The standard InChI is InChI=1S/C25H22F2N8O.CH2O2/c26-25(27)4-6-35(7-5-25)14-18-2-1-3-20(31-18)24(36)32-21-9-15(10-22-19(21)13-30-33-22)16-8-17-12-29-34-23(17)28-11-16;2-1-3/h1-3,8-13H,4-7,14H2,(H,30,33)(H,32,36)(H,28,29,34);1H,(H,2,3). The predicted molar refractivity (Wildman–Crippen MR) is 139 cm³/mol. The zero-order valence-electron chi connectivity index (χ0n) is 20.6. The van der Waals surface area contributed by atoms with Crippen LogP contribution in [0.3, 0.4) is 0 Å². The molecule has 200 valence electrons. The van der Waals surface area contributed by atoms with E-state index < -0.39 is 5.92 Å². The monoisotopic (exact) mass is 534 g/mol. The second kappa shape index (κ2) is 10.9. The highest BCUT2D eigenvalue weighted by Gasteiger charge is 2.33. The number of hydrogen-bond acceptors (Lipinski definition) is 7. The second-order valence-corrected chi connectivity index (χ2v) is 9.09. The lowest BCUT2D eigenvalue weighted by Crippen LogP contribution is -2.39. The SMILES string of the molecule is O=C(Nc1cc(-c2cnc3[nH]ncc3c2)cc2[nH]ncc12)c1cccc(CN2CCC(F)(F)CC2)n1.O=CO. The molecule has 0 saturated carbocycles. The molecule has 0 spiro atoms. The van der Waals surface area contributed by atoms with Crippen LogP contribution in [0.25, 0.3) is 33.1 Å². The van der Waals surface area contributed by atoms with Gasteiger partial charge in [0.25, 0.3) is 18.3 Å². The molecule has 0 aliphatic carbocycles. The second-order valence-electron chi connectivity index (χ2n) is 9.09. The van der Waals surface area contributed by atoms with Crippen molar-refractivity contribution in [2.75, 3.05) is 18.4 Å². The molecule has 4 N–H and O–H groups in total. The Morgan fingerprint density at radius 3 is 2.64 bits per heavy atom. The van der Waals surface area contributed by atoms with Crippen LogP contribution in [0.2, 0.25) is 0 Å². The first-order valence-electron chi connectivity index (χ1n) is 12.1. The van der Waals surface area contributed by atoms with Gasteiger partial charge in [-0.15, -0.1) is 0 Å². The van der Waals surface area contributed by atoms with Crippen LogP contribution in [0, 0.1) is 0 Å². The number of aromatic nitrogens is 6. The number of amides is 1. The van der Waals surface area contributed by atoms with E-state index in [4.69, 9.17) is 9.90 Å². The number of halogens is 2. The van der Waals surface area contributed by atoms with Gasteiger partial charge in [-0.1, -0.05) is 6.07 Å². The zero-order chi connectivity index (χ0) is 27.4. The minimum atomic E-state index is -2.60. The maximum atomic E-state index is 13.5. The average molecular weight is 535 g/mol. The van der Waals surface area contributed by atoms with Gasteiger partial charge in [-0.25, -0.2) is 18.7 Å². The molecule has 13 heteroatoms. The number of hydrogen-bond donors (Lipinski definition) is 4. The number of piperidine rings is 1. The van der Waals surface area contributed by atoms with Gasteiger partial charge in [-0.3, -0.25) is 24.7 Å². The van der Waals surface area contributed by atoms with E-state index in [9.17, 15) is 13.6 Å². The van der Waals surface area contributed by atoms with Crippen LogP contribution in [0.1, 0.15) is 29.0 Å². The number of H-pyrrole nitrogens is 2. The van der Waals surface area contributed by atoms with E-state index in [0.29, 0.717) is 36.7 Å². The predicted octanol–water partition coefficient (Wildman–Crippen LogP) is 4.08. The molecule has 0 atom stereocenters. The lowest BCUT2D eigenvalue weighted by molar-refractivity contribution is -0.122. The van der Waals surface area contributed by atoms with Crippen molar-refractivity contribution < 1.29 is 23.5 Å². The van der Waals surface area contributed by atoms with Gasteiger partial charge in [0.1, 0.15) is 5.69 Å². The van der Waals surface area contributed by atoms with Crippen molar-refractivity contribution in [3.05, 3.63) is 66.4 Å². The molecule has 1 aliphatic rings. The summed E-state index contributed by atoms with van der Waals surface area (Å²) in [5.74, 6) is -2.97. The molecule has 1 saturated heterocycles. The van der Waals surface area contributed by atoms with Gasteiger partial charge in [-0.05, 0) is 35.9 Å². The molecule has 4 aromatic heterocycles. The van der Waals surface area contributed by atoms with Gasteiger partial charge >= 0.3 is 0 Å². The van der Waals surface area contributed by atoms with Crippen molar-refractivity contribution >= 4 is 40.0 Å². The smallest absolute Gasteiger partial charge is 0.290 e. The van der Waals surface area contributed by atoms with E-state index in [1.165, 1.54) is 0 Å². The summed E-state index contributed by atoms with van der Waals surface area (Å²) in [4.78, 5) is 32.3. The molecule has 0 bridgehead atoms. The Balaban J connectivity index is 0.000000983. The van der Waals surface area contributed by atoms with Crippen molar-refractivity contribution in [3.63, 3.8) is 0 Å². The molecule has 39 heavy (non-hydrogen) atoms.